The van der Waals surface area contributed by atoms with Gasteiger partial charge in [0, 0.05) is 17.5 Å². The average molecular weight is 231 g/mol. The number of nitrogens with two attached hydrogens (primary N) is 1. The lowest BCUT2D eigenvalue weighted by Crippen LogP contribution is -2.34. The molecular weight excluding hydrogens is 210 g/mol. The fraction of sp³-hybridized carbons (Fsp3) is 0.600. The van der Waals surface area contributed by atoms with E-state index in [1.807, 2.05) is 0 Å². The normalized spacial score (nSPS) is 23.7. The van der Waals surface area contributed by atoms with Gasteiger partial charge in [-0.2, -0.15) is 0 Å². The summed E-state index contributed by atoms with van der Waals surface area (Å²) in [5, 5.41) is 0. The molecule has 2 heteroatoms. The van der Waals surface area contributed by atoms with Crippen LogP contribution in [0.4, 0.5) is 0 Å². The number of fused-ring (bicyclic) bond motifs is 1. The summed E-state index contributed by atoms with van der Waals surface area (Å²) in [4.78, 5) is 0. The molecule has 1 aromatic carbocycles. The van der Waals surface area contributed by atoms with Gasteiger partial charge in [-0.25, -0.2) is 0 Å². The van der Waals surface area contributed by atoms with Gasteiger partial charge in [0.1, 0.15) is 11.4 Å². The van der Waals surface area contributed by atoms with Gasteiger partial charge in [-0.3, -0.25) is 0 Å². The molecule has 1 heterocycles. The third-order valence-electron chi connectivity index (χ3n) is 4.29. The first-order valence-corrected chi connectivity index (χ1v) is 6.58. The molecule has 1 aromatic rings. The second-order valence-corrected chi connectivity index (χ2v) is 6.14. The summed E-state index contributed by atoms with van der Waals surface area (Å²) in [6.07, 6.45) is 4.64. The van der Waals surface area contributed by atoms with Gasteiger partial charge in [-0.05, 0) is 45.1 Å². The zero-order valence-electron chi connectivity index (χ0n) is 10.8. The summed E-state index contributed by atoms with van der Waals surface area (Å²) in [6, 6.07) is 6.56. The Bertz CT molecular complexity index is 446. The van der Waals surface area contributed by atoms with Crippen molar-refractivity contribution in [2.45, 2.75) is 50.5 Å². The molecule has 1 saturated carbocycles. The highest BCUT2D eigenvalue weighted by molar-refractivity contribution is 5.50. The molecule has 0 unspecified atom stereocenters. The number of hydrogen-bond acceptors (Lipinski definition) is 2. The monoisotopic (exact) mass is 231 g/mol. The van der Waals surface area contributed by atoms with E-state index in [1.165, 1.54) is 24.0 Å². The summed E-state index contributed by atoms with van der Waals surface area (Å²) < 4.78 is 6.22. The highest BCUT2D eigenvalue weighted by Crippen LogP contribution is 2.52. The SMILES string of the molecule is CC1(C)CCc2cccc(C3(CN)CC3)c2O1. The first-order chi connectivity index (χ1) is 8.06. The van der Waals surface area contributed by atoms with Crippen LogP contribution in [0.5, 0.6) is 5.75 Å². The Morgan fingerprint density at radius 1 is 1.24 bits per heavy atom. The van der Waals surface area contributed by atoms with E-state index < -0.39 is 0 Å². The summed E-state index contributed by atoms with van der Waals surface area (Å²) in [5.41, 5.74) is 8.85. The van der Waals surface area contributed by atoms with Crippen molar-refractivity contribution in [3.63, 3.8) is 0 Å². The highest BCUT2D eigenvalue weighted by atomic mass is 16.5. The first kappa shape index (κ1) is 11.1. The van der Waals surface area contributed by atoms with Crippen LogP contribution in [0.1, 0.15) is 44.2 Å². The van der Waals surface area contributed by atoms with Crippen LogP contribution < -0.4 is 10.5 Å². The van der Waals surface area contributed by atoms with Crippen LogP contribution in [0.15, 0.2) is 18.2 Å². The molecule has 0 atom stereocenters. The van der Waals surface area contributed by atoms with E-state index >= 15 is 0 Å². The maximum atomic E-state index is 6.22. The van der Waals surface area contributed by atoms with E-state index in [1.54, 1.807) is 0 Å². The molecule has 0 aromatic heterocycles. The average Bonchev–Trinajstić information content (AvgIpc) is 3.08. The second-order valence-electron chi connectivity index (χ2n) is 6.14. The van der Waals surface area contributed by atoms with Crippen LogP contribution in [0, 0.1) is 0 Å². The Balaban J connectivity index is 2.07. The van der Waals surface area contributed by atoms with E-state index in [0.717, 1.165) is 25.1 Å². The zero-order chi connectivity index (χ0) is 12.1. The van der Waals surface area contributed by atoms with Crippen LogP contribution in [0.25, 0.3) is 0 Å². The maximum Gasteiger partial charge on any atom is 0.127 e. The van der Waals surface area contributed by atoms with Crippen molar-refractivity contribution in [2.24, 2.45) is 5.73 Å². The van der Waals surface area contributed by atoms with Gasteiger partial charge in [0.05, 0.1) is 0 Å². The van der Waals surface area contributed by atoms with Crippen LogP contribution in [-0.4, -0.2) is 12.1 Å². The number of hydrogen-bond donors (Lipinski definition) is 1. The molecule has 1 fully saturated rings. The van der Waals surface area contributed by atoms with E-state index in [0.29, 0.717) is 0 Å². The number of para-hydroxylation sites is 1. The fourth-order valence-electron chi connectivity index (χ4n) is 2.82. The van der Waals surface area contributed by atoms with E-state index in [4.69, 9.17) is 10.5 Å². The first-order valence-electron chi connectivity index (χ1n) is 6.58. The standard InChI is InChI=1S/C15H21NO/c1-14(2)7-6-11-4-3-5-12(13(11)17-14)15(10-16)8-9-15/h3-5H,6-10,16H2,1-2H3. The van der Waals surface area contributed by atoms with Crippen LogP contribution >= 0.6 is 0 Å². The van der Waals surface area contributed by atoms with E-state index in [2.05, 4.69) is 32.0 Å². The lowest BCUT2D eigenvalue weighted by molar-refractivity contribution is 0.0825. The summed E-state index contributed by atoms with van der Waals surface area (Å²) in [7, 11) is 0. The maximum absolute atomic E-state index is 6.22. The van der Waals surface area contributed by atoms with Gasteiger partial charge in [0.25, 0.3) is 0 Å². The van der Waals surface area contributed by atoms with Gasteiger partial charge in [-0.1, -0.05) is 18.2 Å². The summed E-state index contributed by atoms with van der Waals surface area (Å²) >= 11 is 0. The van der Waals surface area contributed by atoms with Crippen LogP contribution in [0.2, 0.25) is 0 Å². The molecule has 2 nitrogen and oxygen atoms in total. The van der Waals surface area contributed by atoms with Crippen molar-refractivity contribution in [1.29, 1.82) is 0 Å². The van der Waals surface area contributed by atoms with Crippen molar-refractivity contribution >= 4 is 0 Å². The largest absolute Gasteiger partial charge is 0.487 e. The van der Waals surface area contributed by atoms with Gasteiger partial charge in [0.2, 0.25) is 0 Å². The molecule has 0 spiro atoms. The summed E-state index contributed by atoms with van der Waals surface area (Å²) in [5.74, 6) is 1.13. The molecular formula is C15H21NO. The molecule has 1 aliphatic carbocycles. The second kappa shape index (κ2) is 3.49. The molecule has 3 rings (SSSR count). The molecule has 0 radical (unpaired) electrons. The molecule has 1 aliphatic heterocycles. The van der Waals surface area contributed by atoms with Crippen molar-refractivity contribution in [3.8, 4) is 5.75 Å². The lowest BCUT2D eigenvalue weighted by atomic mass is 9.87. The lowest BCUT2D eigenvalue weighted by Gasteiger charge is -2.35. The molecule has 0 bridgehead atoms. The molecule has 0 amide bonds. The van der Waals surface area contributed by atoms with Crippen molar-refractivity contribution in [3.05, 3.63) is 29.3 Å². The third-order valence-corrected chi connectivity index (χ3v) is 4.29. The quantitative estimate of drug-likeness (QED) is 0.849. The van der Waals surface area contributed by atoms with Gasteiger partial charge in [0.15, 0.2) is 0 Å². The Morgan fingerprint density at radius 2 is 2.00 bits per heavy atom. The topological polar surface area (TPSA) is 35.2 Å². The molecule has 17 heavy (non-hydrogen) atoms. The Morgan fingerprint density at radius 3 is 2.65 bits per heavy atom. The Hall–Kier alpha value is -1.02. The Kier molecular flexibility index (Phi) is 2.27. The third kappa shape index (κ3) is 1.75. The fourth-order valence-corrected chi connectivity index (χ4v) is 2.82. The number of aryl methyl sites for hydroxylation is 1. The van der Waals surface area contributed by atoms with Gasteiger partial charge < -0.3 is 10.5 Å². The number of rotatable bonds is 2. The minimum absolute atomic E-state index is 0.0339. The van der Waals surface area contributed by atoms with Crippen LogP contribution in [0.3, 0.4) is 0 Å². The molecule has 0 saturated heterocycles. The smallest absolute Gasteiger partial charge is 0.127 e. The van der Waals surface area contributed by atoms with Gasteiger partial charge >= 0.3 is 0 Å². The highest BCUT2D eigenvalue weighted by Gasteiger charge is 2.46. The predicted octanol–water partition coefficient (Wildman–Crippen LogP) is 2.78. The molecule has 92 valence electrons. The minimum atomic E-state index is -0.0339. The molecule has 2 aliphatic rings. The number of ether oxygens (including phenoxy) is 1. The van der Waals surface area contributed by atoms with E-state index in [-0.39, 0.29) is 11.0 Å². The van der Waals surface area contributed by atoms with Crippen molar-refractivity contribution < 1.29 is 4.74 Å². The number of benzene rings is 1. The van der Waals surface area contributed by atoms with Crippen LogP contribution in [-0.2, 0) is 11.8 Å². The zero-order valence-corrected chi connectivity index (χ0v) is 10.8. The Labute approximate surface area is 103 Å². The van der Waals surface area contributed by atoms with Crippen molar-refractivity contribution in [2.75, 3.05) is 6.54 Å². The predicted molar refractivity (Wildman–Crippen MR) is 69.4 cm³/mol. The minimum Gasteiger partial charge on any atom is -0.487 e. The van der Waals surface area contributed by atoms with Gasteiger partial charge in [-0.15, -0.1) is 0 Å². The summed E-state index contributed by atoms with van der Waals surface area (Å²) in [6.45, 7) is 5.09. The van der Waals surface area contributed by atoms with E-state index in [9.17, 15) is 0 Å². The molecule has 2 N–H and O–H groups in total. The van der Waals surface area contributed by atoms with Crippen molar-refractivity contribution in [1.82, 2.24) is 0 Å².